The van der Waals surface area contributed by atoms with E-state index in [0.717, 1.165) is 32.2 Å². The lowest BCUT2D eigenvalue weighted by molar-refractivity contribution is -0.133. The first-order valence-electron chi connectivity index (χ1n) is 8.63. The number of amides is 2. The van der Waals surface area contributed by atoms with Gasteiger partial charge in [-0.15, -0.1) is 36.2 Å². The molecule has 9 heteroatoms. The molecule has 6 nitrogen and oxygen atoms in total. The van der Waals surface area contributed by atoms with Gasteiger partial charge in [-0.1, -0.05) is 19.3 Å². The Bertz CT molecular complexity index is 537. The molecular weight excluding hydrogens is 395 g/mol. The van der Waals surface area contributed by atoms with Crippen molar-refractivity contribution in [1.29, 1.82) is 0 Å². The molecule has 0 saturated heterocycles. The zero-order valence-corrected chi connectivity index (χ0v) is 17.9. The van der Waals surface area contributed by atoms with Gasteiger partial charge < -0.3 is 15.5 Å². The Labute approximate surface area is 172 Å². The molecule has 1 aliphatic rings. The fourth-order valence-electron chi connectivity index (χ4n) is 3.37. The Kier molecular flexibility index (Phi) is 12.1. The molecule has 2 N–H and O–H groups in total. The number of aromatic nitrogens is 1. The van der Waals surface area contributed by atoms with Crippen molar-refractivity contribution in [1.82, 2.24) is 15.2 Å². The number of carbonyl (C=O) groups is 2. The van der Waals surface area contributed by atoms with E-state index in [9.17, 15) is 9.59 Å². The van der Waals surface area contributed by atoms with Crippen LogP contribution in [0.2, 0.25) is 0 Å². The van der Waals surface area contributed by atoms with E-state index in [-0.39, 0.29) is 42.0 Å². The van der Waals surface area contributed by atoms with Gasteiger partial charge in [-0.05, 0) is 25.3 Å². The lowest BCUT2D eigenvalue weighted by atomic mass is 9.69. The summed E-state index contributed by atoms with van der Waals surface area (Å²) < 4.78 is 0. The van der Waals surface area contributed by atoms with E-state index in [2.05, 4.69) is 15.6 Å². The summed E-state index contributed by atoms with van der Waals surface area (Å²) in [6.45, 7) is 1.47. The van der Waals surface area contributed by atoms with Gasteiger partial charge in [-0.2, -0.15) is 0 Å². The lowest BCUT2D eigenvalue weighted by Gasteiger charge is -2.37. The van der Waals surface area contributed by atoms with Gasteiger partial charge in [0.15, 0.2) is 5.13 Å². The number of halogens is 2. The zero-order chi connectivity index (χ0) is 17.4. The first kappa shape index (κ1) is 25.1. The van der Waals surface area contributed by atoms with Gasteiger partial charge in [0.2, 0.25) is 11.8 Å². The van der Waals surface area contributed by atoms with Crippen LogP contribution in [-0.2, 0) is 9.59 Å². The number of anilines is 1. The van der Waals surface area contributed by atoms with Crippen LogP contribution in [0.15, 0.2) is 11.6 Å². The lowest BCUT2D eigenvalue weighted by Crippen LogP contribution is -2.39. The molecule has 1 aliphatic carbocycles. The molecule has 1 fully saturated rings. The number of carbonyl (C=O) groups excluding carboxylic acids is 2. The minimum absolute atomic E-state index is 0. The summed E-state index contributed by atoms with van der Waals surface area (Å²) in [7, 11) is 3.72. The van der Waals surface area contributed by atoms with E-state index in [1.54, 1.807) is 11.1 Å². The summed E-state index contributed by atoms with van der Waals surface area (Å²) in [5, 5.41) is 8.39. The third-order valence-electron chi connectivity index (χ3n) is 4.78. The van der Waals surface area contributed by atoms with Crippen molar-refractivity contribution < 1.29 is 9.59 Å². The van der Waals surface area contributed by atoms with Gasteiger partial charge >= 0.3 is 0 Å². The molecule has 1 aromatic heterocycles. The van der Waals surface area contributed by atoms with Crippen molar-refractivity contribution in [2.24, 2.45) is 5.41 Å². The maximum atomic E-state index is 12.6. The highest BCUT2D eigenvalue weighted by molar-refractivity contribution is 7.13. The molecule has 1 saturated carbocycles. The van der Waals surface area contributed by atoms with E-state index in [1.165, 1.54) is 17.8 Å². The smallest absolute Gasteiger partial charge is 0.226 e. The van der Waals surface area contributed by atoms with Crippen molar-refractivity contribution in [3.63, 3.8) is 0 Å². The standard InChI is InChI=1S/C17H28N4O2S.2ClH/c1-18-8-10-21(2)15(23)13-17(6-4-3-5-7-17)12-14(22)20-16-19-9-11-24-16;;/h9,11,18H,3-8,10,12-13H2,1-2H3,(H,19,20,22);2*1H. The van der Waals surface area contributed by atoms with E-state index in [0.29, 0.717) is 24.5 Å². The molecule has 1 heterocycles. The van der Waals surface area contributed by atoms with E-state index in [1.807, 2.05) is 19.5 Å². The van der Waals surface area contributed by atoms with Crippen LogP contribution in [0.25, 0.3) is 0 Å². The molecule has 0 spiro atoms. The van der Waals surface area contributed by atoms with E-state index < -0.39 is 0 Å². The highest BCUT2D eigenvalue weighted by atomic mass is 35.5. The molecular formula is C17H30Cl2N4O2S. The number of rotatable bonds is 8. The van der Waals surface area contributed by atoms with Gasteiger partial charge in [-0.3, -0.25) is 9.59 Å². The Morgan fingerprint density at radius 1 is 1.23 bits per heavy atom. The van der Waals surface area contributed by atoms with E-state index >= 15 is 0 Å². The van der Waals surface area contributed by atoms with Crippen LogP contribution >= 0.6 is 36.2 Å². The quantitative estimate of drug-likeness (QED) is 0.670. The summed E-state index contributed by atoms with van der Waals surface area (Å²) in [5.74, 6) is 0.103. The van der Waals surface area contributed by atoms with Crippen LogP contribution in [0, 0.1) is 5.41 Å². The summed E-state index contributed by atoms with van der Waals surface area (Å²) in [5.41, 5.74) is -0.204. The van der Waals surface area contributed by atoms with Crippen LogP contribution in [-0.4, -0.2) is 48.9 Å². The molecule has 150 valence electrons. The fraction of sp³-hybridized carbons (Fsp3) is 0.706. The van der Waals surface area contributed by atoms with Gasteiger partial charge in [0.25, 0.3) is 0 Å². The van der Waals surface area contributed by atoms with Crippen LogP contribution in [0.4, 0.5) is 5.13 Å². The van der Waals surface area contributed by atoms with Crippen LogP contribution in [0.3, 0.4) is 0 Å². The Balaban J connectivity index is 0.00000312. The molecule has 2 rings (SSSR count). The number of hydrogen-bond acceptors (Lipinski definition) is 5. The minimum atomic E-state index is -0.204. The molecule has 2 amide bonds. The van der Waals surface area contributed by atoms with Crippen LogP contribution in [0.1, 0.15) is 44.9 Å². The largest absolute Gasteiger partial charge is 0.344 e. The molecule has 0 aromatic carbocycles. The van der Waals surface area contributed by atoms with Gasteiger partial charge in [0, 0.05) is 44.6 Å². The minimum Gasteiger partial charge on any atom is -0.344 e. The predicted molar refractivity (Wildman–Crippen MR) is 112 cm³/mol. The highest BCUT2D eigenvalue weighted by Crippen LogP contribution is 2.42. The summed E-state index contributed by atoms with van der Waals surface area (Å²) in [4.78, 5) is 30.9. The maximum absolute atomic E-state index is 12.6. The summed E-state index contributed by atoms with van der Waals surface area (Å²) in [6.07, 6.45) is 7.82. The van der Waals surface area contributed by atoms with Crippen molar-refractivity contribution in [3.05, 3.63) is 11.6 Å². The monoisotopic (exact) mass is 424 g/mol. The predicted octanol–water partition coefficient (Wildman–Crippen LogP) is 3.33. The molecule has 0 unspecified atom stereocenters. The molecule has 0 radical (unpaired) electrons. The number of nitrogens with zero attached hydrogens (tertiary/aromatic N) is 2. The number of nitrogens with one attached hydrogen (secondary N) is 2. The second kappa shape index (κ2) is 12.5. The third-order valence-corrected chi connectivity index (χ3v) is 5.47. The third kappa shape index (κ3) is 7.78. The Morgan fingerprint density at radius 3 is 2.50 bits per heavy atom. The highest BCUT2D eigenvalue weighted by Gasteiger charge is 2.37. The average molecular weight is 425 g/mol. The first-order valence-corrected chi connectivity index (χ1v) is 9.50. The Morgan fingerprint density at radius 2 is 1.92 bits per heavy atom. The van der Waals surface area contributed by atoms with Crippen molar-refractivity contribution in [2.45, 2.75) is 44.9 Å². The summed E-state index contributed by atoms with van der Waals surface area (Å²) in [6, 6.07) is 0. The number of likely N-dealkylation sites (N-methyl/N-ethyl adjacent to an activating group) is 2. The van der Waals surface area contributed by atoms with Gasteiger partial charge in [-0.25, -0.2) is 4.98 Å². The SMILES string of the molecule is CNCCN(C)C(=O)CC1(CC(=O)Nc2nccs2)CCCCC1.Cl.Cl. The Hall–Kier alpha value is -0.890. The average Bonchev–Trinajstić information content (AvgIpc) is 3.05. The maximum Gasteiger partial charge on any atom is 0.226 e. The number of hydrogen-bond donors (Lipinski definition) is 2. The molecule has 0 atom stereocenters. The zero-order valence-electron chi connectivity index (χ0n) is 15.5. The van der Waals surface area contributed by atoms with Gasteiger partial charge in [0.05, 0.1) is 0 Å². The second-order valence-electron chi connectivity index (χ2n) is 6.72. The molecule has 0 bridgehead atoms. The normalized spacial score (nSPS) is 15.3. The topological polar surface area (TPSA) is 74.3 Å². The molecule has 0 aliphatic heterocycles. The summed E-state index contributed by atoms with van der Waals surface area (Å²) >= 11 is 1.41. The van der Waals surface area contributed by atoms with E-state index in [4.69, 9.17) is 0 Å². The molecule has 26 heavy (non-hydrogen) atoms. The van der Waals surface area contributed by atoms with Gasteiger partial charge in [0.1, 0.15) is 0 Å². The van der Waals surface area contributed by atoms with Crippen LogP contribution < -0.4 is 10.6 Å². The molecule has 1 aromatic rings. The number of thiazole rings is 1. The van der Waals surface area contributed by atoms with Crippen molar-refractivity contribution in [2.75, 3.05) is 32.5 Å². The van der Waals surface area contributed by atoms with Crippen LogP contribution in [0.5, 0.6) is 0 Å². The fourth-order valence-corrected chi connectivity index (χ4v) is 3.91. The first-order chi connectivity index (χ1) is 11.5. The second-order valence-corrected chi connectivity index (χ2v) is 7.61. The van der Waals surface area contributed by atoms with Crippen molar-refractivity contribution in [3.8, 4) is 0 Å². The van der Waals surface area contributed by atoms with Crippen molar-refractivity contribution >= 4 is 53.1 Å².